The first-order valence-corrected chi connectivity index (χ1v) is 15.1. The lowest BCUT2D eigenvalue weighted by Crippen LogP contribution is -2.21. The lowest BCUT2D eigenvalue weighted by Gasteiger charge is -2.21. The molecule has 7 heteroatoms. The molecule has 3 heterocycles. The molecule has 1 fully saturated rings. The highest BCUT2D eigenvalue weighted by Crippen LogP contribution is 2.35. The number of amides is 2. The number of pyridine rings is 2. The van der Waals surface area contributed by atoms with Crippen LogP contribution in [0.15, 0.2) is 97.5 Å². The number of likely N-dealkylation sites (tertiary alicyclic amines) is 1. The van der Waals surface area contributed by atoms with Gasteiger partial charge in [0.2, 0.25) is 0 Å². The molecular weight excluding hydrogens is 546 g/mol. The smallest absolute Gasteiger partial charge is 0.323 e. The number of hydrogen-bond acceptors (Lipinski definition) is 5. The number of anilines is 2. The number of fused-ring (bicyclic) bond motifs is 1. The van der Waals surface area contributed by atoms with Crippen LogP contribution in [-0.2, 0) is 12.0 Å². The van der Waals surface area contributed by atoms with Gasteiger partial charge in [0.1, 0.15) is 5.75 Å². The molecule has 1 aliphatic rings. The maximum Gasteiger partial charge on any atom is 0.323 e. The van der Waals surface area contributed by atoms with Gasteiger partial charge in [0.15, 0.2) is 0 Å². The maximum atomic E-state index is 13.2. The molecule has 1 saturated heterocycles. The molecule has 1 unspecified atom stereocenters. The average Bonchev–Trinajstić information content (AvgIpc) is 3.50. The van der Waals surface area contributed by atoms with E-state index in [4.69, 9.17) is 9.72 Å². The average molecular weight is 586 g/mol. The summed E-state index contributed by atoms with van der Waals surface area (Å²) in [6.07, 6.45) is 6.92. The van der Waals surface area contributed by atoms with Crippen LogP contribution in [0.25, 0.3) is 21.9 Å². The van der Waals surface area contributed by atoms with E-state index in [9.17, 15) is 4.79 Å². The number of aromatic nitrogens is 2. The summed E-state index contributed by atoms with van der Waals surface area (Å²) < 4.78 is 5.51. The van der Waals surface area contributed by atoms with Crippen LogP contribution in [0.2, 0.25) is 0 Å². The van der Waals surface area contributed by atoms with E-state index >= 15 is 0 Å². The number of benzene rings is 3. The fourth-order valence-electron chi connectivity index (χ4n) is 5.98. The van der Waals surface area contributed by atoms with Crippen LogP contribution in [0.1, 0.15) is 49.9 Å². The molecule has 1 atom stereocenters. The van der Waals surface area contributed by atoms with Gasteiger partial charge in [-0.3, -0.25) is 14.9 Å². The Morgan fingerprint density at radius 2 is 1.75 bits per heavy atom. The van der Waals surface area contributed by atoms with E-state index in [0.717, 1.165) is 64.9 Å². The molecule has 6 rings (SSSR count). The molecule has 7 nitrogen and oxygen atoms in total. The molecule has 3 aromatic carbocycles. The topological polar surface area (TPSA) is 79.4 Å². The van der Waals surface area contributed by atoms with Crippen molar-refractivity contribution in [2.45, 2.75) is 45.1 Å². The molecule has 0 spiro atoms. The number of nitrogens with one attached hydrogen (secondary N) is 2. The first-order valence-electron chi connectivity index (χ1n) is 15.1. The number of carbonyl (C=O) groups excluding carboxylic acids is 1. The minimum atomic E-state index is -0.328. The molecule has 0 saturated carbocycles. The first-order chi connectivity index (χ1) is 21.3. The standard InChI is InChI=1S/C37H39N5O2/c1-37(2,3)28-12-16-35(44-4)34(20-28)41-36(43)40-33-15-14-30(31-9-5-6-10-32(31)33)26-11-13-29(39-22-26)24-42-19-17-27(23-42)25-8-7-18-38-21-25/h5-16,18,20-22,27H,17,19,23-24H2,1-4H3,(H2,40,41,43). The molecule has 224 valence electrons. The summed E-state index contributed by atoms with van der Waals surface area (Å²) >= 11 is 0. The van der Waals surface area contributed by atoms with Crippen molar-refractivity contribution in [3.05, 3.63) is 114 Å². The highest BCUT2D eigenvalue weighted by Gasteiger charge is 2.24. The summed E-state index contributed by atoms with van der Waals surface area (Å²) in [4.78, 5) is 24.8. The summed E-state index contributed by atoms with van der Waals surface area (Å²) in [5, 5.41) is 8.05. The maximum absolute atomic E-state index is 13.2. The molecule has 5 aromatic rings. The number of methoxy groups -OCH3 is 1. The minimum Gasteiger partial charge on any atom is -0.495 e. The van der Waals surface area contributed by atoms with Crippen molar-refractivity contribution in [2.75, 3.05) is 30.8 Å². The molecule has 2 N–H and O–H groups in total. The van der Waals surface area contributed by atoms with E-state index in [1.165, 1.54) is 5.56 Å². The summed E-state index contributed by atoms with van der Waals surface area (Å²) in [5.74, 6) is 1.14. The number of hydrogen-bond donors (Lipinski definition) is 2. The monoisotopic (exact) mass is 585 g/mol. The van der Waals surface area contributed by atoms with Gasteiger partial charge in [-0.15, -0.1) is 0 Å². The first kappa shape index (κ1) is 29.3. The molecule has 1 aliphatic heterocycles. The van der Waals surface area contributed by atoms with Gasteiger partial charge in [-0.2, -0.15) is 0 Å². The summed E-state index contributed by atoms with van der Waals surface area (Å²) in [6.45, 7) is 9.34. The Balaban J connectivity index is 1.17. The normalized spacial score (nSPS) is 15.3. The summed E-state index contributed by atoms with van der Waals surface area (Å²) in [7, 11) is 1.61. The Bertz CT molecular complexity index is 1760. The predicted molar refractivity (Wildman–Crippen MR) is 178 cm³/mol. The number of ether oxygens (including phenoxy) is 1. The number of urea groups is 1. The largest absolute Gasteiger partial charge is 0.495 e. The van der Waals surface area contributed by atoms with E-state index in [1.54, 1.807) is 7.11 Å². The van der Waals surface area contributed by atoms with Crippen LogP contribution < -0.4 is 15.4 Å². The fraction of sp³-hybridized carbons (Fsp3) is 0.270. The molecule has 2 amide bonds. The second-order valence-electron chi connectivity index (χ2n) is 12.5. The van der Waals surface area contributed by atoms with E-state index in [0.29, 0.717) is 17.4 Å². The third-order valence-electron chi connectivity index (χ3n) is 8.44. The second kappa shape index (κ2) is 12.5. The molecule has 0 bridgehead atoms. The number of carbonyl (C=O) groups is 1. The Morgan fingerprint density at radius 1 is 0.932 bits per heavy atom. The zero-order chi connectivity index (χ0) is 30.7. The molecule has 2 aromatic heterocycles. The molecule has 0 aliphatic carbocycles. The molecule has 0 radical (unpaired) electrons. The van der Waals surface area contributed by atoms with Crippen LogP contribution in [0, 0.1) is 0 Å². The van der Waals surface area contributed by atoms with Crippen LogP contribution in [0.3, 0.4) is 0 Å². The van der Waals surface area contributed by atoms with Crippen molar-refractivity contribution in [2.24, 2.45) is 0 Å². The van der Waals surface area contributed by atoms with Gasteiger partial charge >= 0.3 is 6.03 Å². The van der Waals surface area contributed by atoms with Crippen molar-refractivity contribution in [3.63, 3.8) is 0 Å². The van der Waals surface area contributed by atoms with E-state index in [2.05, 4.69) is 71.6 Å². The highest BCUT2D eigenvalue weighted by atomic mass is 16.5. The fourth-order valence-corrected chi connectivity index (χ4v) is 5.98. The number of rotatable bonds is 7. The third kappa shape index (κ3) is 6.43. The highest BCUT2D eigenvalue weighted by molar-refractivity contribution is 6.10. The minimum absolute atomic E-state index is 0.0597. The number of nitrogens with zero attached hydrogens (tertiary/aromatic N) is 3. The lowest BCUT2D eigenvalue weighted by molar-refractivity contribution is 0.262. The predicted octanol–water partition coefficient (Wildman–Crippen LogP) is 8.24. The van der Waals surface area contributed by atoms with Gasteiger partial charge in [0.05, 0.1) is 24.2 Å². The van der Waals surface area contributed by atoms with Crippen molar-refractivity contribution in [1.29, 1.82) is 0 Å². The van der Waals surface area contributed by atoms with E-state index < -0.39 is 0 Å². The van der Waals surface area contributed by atoms with Crippen LogP contribution in [-0.4, -0.2) is 41.1 Å². The van der Waals surface area contributed by atoms with Crippen molar-refractivity contribution in [3.8, 4) is 16.9 Å². The van der Waals surface area contributed by atoms with Crippen molar-refractivity contribution in [1.82, 2.24) is 14.9 Å². The Morgan fingerprint density at radius 3 is 2.48 bits per heavy atom. The van der Waals surface area contributed by atoms with E-state index in [-0.39, 0.29) is 11.4 Å². The van der Waals surface area contributed by atoms with Gasteiger partial charge in [-0.25, -0.2) is 4.79 Å². The Labute approximate surface area is 259 Å². The summed E-state index contributed by atoms with van der Waals surface area (Å²) in [6, 6.07) is 26.2. The zero-order valence-electron chi connectivity index (χ0n) is 25.8. The van der Waals surface area contributed by atoms with Gasteiger partial charge in [0.25, 0.3) is 0 Å². The second-order valence-corrected chi connectivity index (χ2v) is 12.5. The van der Waals surface area contributed by atoms with Gasteiger partial charge in [-0.05, 0) is 76.7 Å². The Kier molecular flexibility index (Phi) is 8.31. The zero-order valence-corrected chi connectivity index (χ0v) is 25.8. The van der Waals surface area contributed by atoms with Gasteiger partial charge in [0, 0.05) is 42.6 Å². The summed E-state index contributed by atoms with van der Waals surface area (Å²) in [5.41, 5.74) is 6.90. The van der Waals surface area contributed by atoms with E-state index in [1.807, 2.05) is 67.1 Å². The molecular formula is C37H39N5O2. The van der Waals surface area contributed by atoms with Gasteiger partial charge in [-0.1, -0.05) is 69.3 Å². The van der Waals surface area contributed by atoms with Gasteiger partial charge < -0.3 is 15.4 Å². The third-order valence-corrected chi connectivity index (χ3v) is 8.44. The lowest BCUT2D eigenvalue weighted by atomic mass is 9.87. The molecule has 44 heavy (non-hydrogen) atoms. The van der Waals surface area contributed by atoms with Crippen LogP contribution in [0.5, 0.6) is 5.75 Å². The Hall–Kier alpha value is -4.75. The van der Waals surface area contributed by atoms with Crippen molar-refractivity contribution < 1.29 is 9.53 Å². The SMILES string of the molecule is COc1ccc(C(C)(C)C)cc1NC(=O)Nc1ccc(-c2ccc(CN3CCC(c4cccnc4)C3)nc2)c2ccccc12. The quantitative estimate of drug-likeness (QED) is 0.201. The van der Waals surface area contributed by atoms with Crippen molar-refractivity contribution >= 4 is 28.2 Å². The van der Waals surface area contributed by atoms with Crippen LogP contribution >= 0.6 is 0 Å². The van der Waals surface area contributed by atoms with Crippen LogP contribution in [0.4, 0.5) is 16.2 Å².